The Hall–Kier alpha value is -2.15. The minimum absolute atomic E-state index is 0.152. The van der Waals surface area contributed by atoms with Crippen LogP contribution in [0.4, 0.5) is 29.9 Å². The van der Waals surface area contributed by atoms with Crippen molar-refractivity contribution in [3.05, 3.63) is 11.1 Å². The lowest BCUT2D eigenvalue weighted by Crippen LogP contribution is -2.24. The lowest BCUT2D eigenvalue weighted by atomic mass is 10.3. The average Bonchev–Trinajstić information content (AvgIpc) is 2.92. The summed E-state index contributed by atoms with van der Waals surface area (Å²) in [6.45, 7) is 1.73. The van der Waals surface area contributed by atoms with E-state index in [0.717, 1.165) is 11.8 Å². The Bertz CT molecular complexity index is 716. The highest BCUT2D eigenvalue weighted by molar-refractivity contribution is 8.00. The van der Waals surface area contributed by atoms with Crippen LogP contribution in [0.1, 0.15) is 18.4 Å². The molecule has 1 atom stereocenters. The molecule has 0 bridgehead atoms. The number of nitrogens with two attached hydrogens (primary N) is 2. The first kappa shape index (κ1) is 18.2. The number of aromatic nitrogens is 4. The van der Waals surface area contributed by atoms with Crippen LogP contribution in [0.15, 0.2) is 11.2 Å². The summed E-state index contributed by atoms with van der Waals surface area (Å²) in [4.78, 5) is 20.1. The summed E-state index contributed by atoms with van der Waals surface area (Å²) in [5.74, 6) is -0.240. The standard InChI is InChI=1S/C11H12F3N7OS2/c1-2-4(23-9-17-5(15)3-6(16)18-9)7(22)19-10-21-20-8(24-10)11(12,13)14/h3-4H,2H2,1H3,(H,19,21,22)(H4,15,16,17,18). The number of nitrogens with one attached hydrogen (secondary N) is 1. The van der Waals surface area contributed by atoms with Crippen molar-refractivity contribution in [2.75, 3.05) is 16.8 Å². The number of halogens is 3. The first-order valence-electron chi connectivity index (χ1n) is 6.47. The normalized spacial score (nSPS) is 12.8. The molecule has 0 saturated heterocycles. The van der Waals surface area contributed by atoms with Gasteiger partial charge in [0.2, 0.25) is 16.0 Å². The van der Waals surface area contributed by atoms with E-state index in [1.165, 1.54) is 6.07 Å². The van der Waals surface area contributed by atoms with Gasteiger partial charge in [-0.1, -0.05) is 30.0 Å². The Morgan fingerprint density at radius 2 is 1.96 bits per heavy atom. The van der Waals surface area contributed by atoms with Crippen molar-refractivity contribution in [3.8, 4) is 0 Å². The van der Waals surface area contributed by atoms with E-state index in [1.54, 1.807) is 6.92 Å². The number of hydrogen-bond acceptors (Lipinski definition) is 9. The van der Waals surface area contributed by atoms with Gasteiger partial charge in [0.25, 0.3) is 0 Å². The van der Waals surface area contributed by atoms with Gasteiger partial charge in [-0.3, -0.25) is 10.1 Å². The molecule has 13 heteroatoms. The van der Waals surface area contributed by atoms with E-state index in [0.29, 0.717) is 6.42 Å². The Labute approximate surface area is 142 Å². The van der Waals surface area contributed by atoms with Gasteiger partial charge in [-0.2, -0.15) is 13.2 Å². The molecule has 8 nitrogen and oxygen atoms in total. The van der Waals surface area contributed by atoms with E-state index < -0.39 is 22.3 Å². The number of carbonyl (C=O) groups is 1. The van der Waals surface area contributed by atoms with Crippen molar-refractivity contribution in [2.45, 2.75) is 29.9 Å². The number of carbonyl (C=O) groups excluding carboxylic acids is 1. The maximum Gasteiger partial charge on any atom is 0.445 e. The molecule has 2 aromatic rings. The number of nitrogen functional groups attached to an aromatic ring is 2. The van der Waals surface area contributed by atoms with Crippen molar-refractivity contribution in [2.24, 2.45) is 0 Å². The van der Waals surface area contributed by atoms with Crippen LogP contribution in [0, 0.1) is 0 Å². The number of thioether (sulfide) groups is 1. The maximum absolute atomic E-state index is 12.5. The molecule has 24 heavy (non-hydrogen) atoms. The second-order valence-corrected chi connectivity index (χ2v) is 6.56. The highest BCUT2D eigenvalue weighted by Gasteiger charge is 2.36. The van der Waals surface area contributed by atoms with E-state index in [1.807, 2.05) is 0 Å². The molecule has 0 saturated carbocycles. The van der Waals surface area contributed by atoms with Crippen LogP contribution < -0.4 is 16.8 Å². The molecular formula is C11H12F3N7OS2. The van der Waals surface area contributed by atoms with Gasteiger partial charge in [-0.25, -0.2) is 9.97 Å². The van der Waals surface area contributed by atoms with Crippen molar-refractivity contribution < 1.29 is 18.0 Å². The smallest absolute Gasteiger partial charge is 0.383 e. The quantitative estimate of drug-likeness (QED) is 0.531. The fraction of sp³-hybridized carbons (Fsp3) is 0.364. The summed E-state index contributed by atoms with van der Waals surface area (Å²) >= 11 is 1.24. The van der Waals surface area contributed by atoms with Crippen LogP contribution >= 0.6 is 23.1 Å². The minimum Gasteiger partial charge on any atom is -0.383 e. The molecule has 0 aliphatic rings. The van der Waals surface area contributed by atoms with Crippen molar-refractivity contribution in [1.29, 1.82) is 0 Å². The Morgan fingerprint density at radius 3 is 2.46 bits per heavy atom. The molecule has 2 rings (SSSR count). The minimum atomic E-state index is -4.60. The van der Waals surface area contributed by atoms with Crippen LogP contribution in [0.25, 0.3) is 0 Å². The van der Waals surface area contributed by atoms with E-state index in [2.05, 4.69) is 25.5 Å². The third kappa shape index (κ3) is 4.67. The molecule has 130 valence electrons. The summed E-state index contributed by atoms with van der Waals surface area (Å²) in [6.07, 6.45) is -4.23. The lowest BCUT2D eigenvalue weighted by Gasteiger charge is -2.12. The van der Waals surface area contributed by atoms with Crippen molar-refractivity contribution >= 4 is 45.8 Å². The van der Waals surface area contributed by atoms with Gasteiger partial charge in [-0.15, -0.1) is 10.2 Å². The van der Waals surface area contributed by atoms with Crippen molar-refractivity contribution in [1.82, 2.24) is 20.2 Å². The first-order chi connectivity index (χ1) is 11.2. The first-order valence-corrected chi connectivity index (χ1v) is 8.17. The summed E-state index contributed by atoms with van der Waals surface area (Å²) in [7, 11) is 0. The predicted molar refractivity (Wildman–Crippen MR) is 84.3 cm³/mol. The topological polar surface area (TPSA) is 133 Å². The molecule has 0 aliphatic carbocycles. The van der Waals surface area contributed by atoms with Gasteiger partial charge in [0, 0.05) is 6.07 Å². The van der Waals surface area contributed by atoms with Crippen molar-refractivity contribution in [3.63, 3.8) is 0 Å². The zero-order valence-corrected chi connectivity index (χ0v) is 13.8. The third-order valence-electron chi connectivity index (χ3n) is 2.55. The van der Waals surface area contributed by atoms with Crippen LogP contribution in [0.5, 0.6) is 0 Å². The van der Waals surface area contributed by atoms with Crippen LogP contribution in [0.3, 0.4) is 0 Å². The molecule has 0 aromatic carbocycles. The van der Waals surface area contributed by atoms with E-state index in [-0.39, 0.29) is 33.3 Å². The van der Waals surface area contributed by atoms with E-state index >= 15 is 0 Å². The fourth-order valence-corrected chi connectivity index (χ4v) is 3.06. The maximum atomic E-state index is 12.5. The molecule has 5 N–H and O–H groups in total. The lowest BCUT2D eigenvalue weighted by molar-refractivity contribution is -0.138. The van der Waals surface area contributed by atoms with Gasteiger partial charge < -0.3 is 11.5 Å². The second kappa shape index (κ2) is 7.17. The highest BCUT2D eigenvalue weighted by atomic mass is 32.2. The fourth-order valence-electron chi connectivity index (χ4n) is 1.54. The van der Waals surface area contributed by atoms with Gasteiger partial charge in [0.05, 0.1) is 5.25 Å². The number of amides is 1. The molecule has 0 radical (unpaired) electrons. The Balaban J connectivity index is 2.07. The SMILES string of the molecule is CCC(Sc1nc(N)cc(N)n1)C(=O)Nc1nnc(C(F)(F)F)s1. The molecule has 0 aliphatic heterocycles. The van der Waals surface area contributed by atoms with Gasteiger partial charge >= 0.3 is 6.18 Å². The largest absolute Gasteiger partial charge is 0.445 e. The van der Waals surface area contributed by atoms with Crippen LogP contribution in [-0.2, 0) is 11.0 Å². The van der Waals surface area contributed by atoms with E-state index in [4.69, 9.17) is 11.5 Å². The van der Waals surface area contributed by atoms with Crippen LogP contribution in [-0.4, -0.2) is 31.3 Å². The molecule has 2 aromatic heterocycles. The molecule has 1 unspecified atom stereocenters. The number of rotatable bonds is 5. The zero-order chi connectivity index (χ0) is 17.9. The third-order valence-corrected chi connectivity index (χ3v) is 4.66. The summed E-state index contributed by atoms with van der Waals surface area (Å²) < 4.78 is 37.4. The van der Waals surface area contributed by atoms with E-state index in [9.17, 15) is 18.0 Å². The predicted octanol–water partition coefficient (Wildman–Crippen LogP) is 2.02. The summed E-state index contributed by atoms with van der Waals surface area (Å²) in [6, 6.07) is 1.37. The summed E-state index contributed by atoms with van der Waals surface area (Å²) in [5, 5.41) is 6.77. The Morgan fingerprint density at radius 1 is 1.33 bits per heavy atom. The number of alkyl halides is 3. The molecule has 0 spiro atoms. The zero-order valence-electron chi connectivity index (χ0n) is 12.2. The molecule has 0 fully saturated rings. The number of hydrogen-bond donors (Lipinski definition) is 3. The highest BCUT2D eigenvalue weighted by Crippen LogP contribution is 2.33. The molecule has 2 heterocycles. The van der Waals surface area contributed by atoms with Gasteiger partial charge in [-0.05, 0) is 6.42 Å². The Kier molecular flexibility index (Phi) is 5.43. The van der Waals surface area contributed by atoms with Crippen LogP contribution in [0.2, 0.25) is 0 Å². The monoisotopic (exact) mass is 379 g/mol. The van der Waals surface area contributed by atoms with Gasteiger partial charge in [0.15, 0.2) is 5.16 Å². The molecule has 1 amide bonds. The summed E-state index contributed by atoms with van der Waals surface area (Å²) in [5.41, 5.74) is 11.1. The second-order valence-electron chi connectivity index (χ2n) is 4.41. The number of anilines is 3. The number of nitrogens with zero attached hydrogens (tertiary/aromatic N) is 4. The van der Waals surface area contributed by atoms with Gasteiger partial charge in [0.1, 0.15) is 11.6 Å². The average molecular weight is 379 g/mol. The molecular weight excluding hydrogens is 367 g/mol.